The van der Waals surface area contributed by atoms with Crippen molar-refractivity contribution < 1.29 is 23.3 Å². The zero-order valence-corrected chi connectivity index (χ0v) is 19.0. The number of ether oxygens (including phenoxy) is 4. The summed E-state index contributed by atoms with van der Waals surface area (Å²) in [7, 11) is 0. The molecular weight excluding hydrogens is 407 g/mol. The van der Waals surface area contributed by atoms with Crippen molar-refractivity contribution in [3.05, 3.63) is 65.5 Å². The molecule has 2 aliphatic heterocycles. The summed E-state index contributed by atoms with van der Waals surface area (Å²) in [4.78, 5) is 0. The van der Waals surface area contributed by atoms with Gasteiger partial charge in [0.1, 0.15) is 17.7 Å². The molecule has 0 unspecified atom stereocenters. The zero-order valence-electron chi connectivity index (χ0n) is 19.0. The summed E-state index contributed by atoms with van der Waals surface area (Å²) in [5.74, 6) is 0.660. The molecule has 0 amide bonds. The van der Waals surface area contributed by atoms with Gasteiger partial charge in [0.25, 0.3) is 0 Å². The van der Waals surface area contributed by atoms with E-state index in [9.17, 15) is 4.39 Å². The van der Waals surface area contributed by atoms with Gasteiger partial charge < -0.3 is 18.9 Å². The number of hydrogen-bond acceptors (Lipinski definition) is 4. The predicted molar refractivity (Wildman–Crippen MR) is 122 cm³/mol. The summed E-state index contributed by atoms with van der Waals surface area (Å²) in [5.41, 5.74) is 2.00. The molecule has 0 spiro atoms. The fraction of sp³-hybridized carbons (Fsp3) is 0.556. The minimum absolute atomic E-state index is 0.00464. The van der Waals surface area contributed by atoms with Gasteiger partial charge in [-0.25, -0.2) is 4.39 Å². The largest absolute Gasteiger partial charge is 0.494 e. The Morgan fingerprint density at radius 3 is 2.31 bits per heavy atom. The van der Waals surface area contributed by atoms with Crippen LogP contribution in [0.3, 0.4) is 0 Å². The first kappa shape index (κ1) is 23.2. The Kier molecular flexibility index (Phi) is 8.55. The Balaban J connectivity index is 1.21. The third-order valence-corrected chi connectivity index (χ3v) is 6.34. The summed E-state index contributed by atoms with van der Waals surface area (Å²) in [6.07, 6.45) is 8.89. The van der Waals surface area contributed by atoms with E-state index in [2.05, 4.69) is 19.1 Å². The van der Waals surface area contributed by atoms with Crippen LogP contribution in [0.1, 0.15) is 81.8 Å². The second kappa shape index (κ2) is 11.8. The van der Waals surface area contributed by atoms with E-state index >= 15 is 0 Å². The fourth-order valence-electron chi connectivity index (χ4n) is 4.44. The van der Waals surface area contributed by atoms with Crippen LogP contribution in [-0.2, 0) is 14.2 Å². The first-order chi connectivity index (χ1) is 15.7. The molecule has 0 radical (unpaired) electrons. The lowest BCUT2D eigenvalue weighted by molar-refractivity contribution is -0.289. The van der Waals surface area contributed by atoms with Crippen LogP contribution in [0.15, 0.2) is 48.5 Å². The molecule has 4 nitrogen and oxygen atoms in total. The standard InChI is InChI=1S/C27H35FO4/c1-2-3-4-5-6-7-18-29-23-14-10-20(11-15-23)24-16-17-25-26(31-24)19-30-27(32-25)21-8-12-22(28)13-9-21/h8-15,24-27H,2-7,16-19H2,1H3/t24-,25+,26-,27-/m1/s1. The summed E-state index contributed by atoms with van der Waals surface area (Å²) >= 11 is 0. The number of fused-ring (bicyclic) bond motifs is 1. The van der Waals surface area contributed by atoms with E-state index in [0.29, 0.717) is 6.61 Å². The number of benzene rings is 2. The predicted octanol–water partition coefficient (Wildman–Crippen LogP) is 6.90. The van der Waals surface area contributed by atoms with Crippen LogP contribution >= 0.6 is 0 Å². The molecule has 5 heteroatoms. The van der Waals surface area contributed by atoms with Crippen LogP contribution < -0.4 is 4.74 Å². The number of unbranched alkanes of at least 4 members (excludes halogenated alkanes) is 5. The highest BCUT2D eigenvalue weighted by atomic mass is 19.1. The number of hydrogen-bond donors (Lipinski definition) is 0. The van der Waals surface area contributed by atoms with E-state index < -0.39 is 6.29 Å². The Bertz CT molecular complexity index is 807. The van der Waals surface area contributed by atoms with E-state index in [1.54, 1.807) is 12.1 Å². The Labute approximate surface area is 191 Å². The van der Waals surface area contributed by atoms with Crippen molar-refractivity contribution in [3.63, 3.8) is 0 Å². The SMILES string of the molecule is CCCCCCCCOc1ccc([C@H]2CC[C@@H]3O[C@H](c4ccc(F)cc4)OC[C@H]3O2)cc1. The van der Waals surface area contributed by atoms with Crippen molar-refractivity contribution in [1.82, 2.24) is 0 Å². The third kappa shape index (κ3) is 6.31. The van der Waals surface area contributed by atoms with Gasteiger partial charge in [-0.15, -0.1) is 0 Å². The molecule has 2 heterocycles. The quantitative estimate of drug-likeness (QED) is 0.375. The van der Waals surface area contributed by atoms with Gasteiger partial charge in [0.15, 0.2) is 6.29 Å². The molecular formula is C27H35FO4. The Hall–Kier alpha value is -1.95. The minimum atomic E-state index is -0.458. The molecule has 0 aromatic heterocycles. The van der Waals surface area contributed by atoms with Gasteiger partial charge in [-0.1, -0.05) is 63.3 Å². The van der Waals surface area contributed by atoms with Gasteiger partial charge in [0.2, 0.25) is 0 Å². The molecule has 2 aliphatic rings. The van der Waals surface area contributed by atoms with Crippen molar-refractivity contribution in [2.24, 2.45) is 0 Å². The lowest BCUT2D eigenvalue weighted by Gasteiger charge is -2.42. The highest BCUT2D eigenvalue weighted by Crippen LogP contribution is 2.38. The van der Waals surface area contributed by atoms with Crippen molar-refractivity contribution in [1.29, 1.82) is 0 Å². The first-order valence-electron chi connectivity index (χ1n) is 12.1. The van der Waals surface area contributed by atoms with E-state index in [4.69, 9.17) is 18.9 Å². The maximum absolute atomic E-state index is 13.2. The van der Waals surface area contributed by atoms with Crippen LogP contribution in [0.4, 0.5) is 4.39 Å². The van der Waals surface area contributed by atoms with Crippen LogP contribution in [0, 0.1) is 5.82 Å². The highest BCUT2D eigenvalue weighted by molar-refractivity contribution is 5.29. The Morgan fingerprint density at radius 1 is 0.812 bits per heavy atom. The van der Waals surface area contributed by atoms with Gasteiger partial charge >= 0.3 is 0 Å². The van der Waals surface area contributed by atoms with Gasteiger partial charge in [0, 0.05) is 5.56 Å². The van der Waals surface area contributed by atoms with Crippen molar-refractivity contribution >= 4 is 0 Å². The maximum Gasteiger partial charge on any atom is 0.184 e. The van der Waals surface area contributed by atoms with Crippen molar-refractivity contribution in [3.8, 4) is 5.75 Å². The highest BCUT2D eigenvalue weighted by Gasteiger charge is 2.38. The molecule has 4 atom stereocenters. The second-order valence-electron chi connectivity index (χ2n) is 8.82. The normalized spacial score (nSPS) is 25.3. The average Bonchev–Trinajstić information content (AvgIpc) is 2.84. The molecule has 0 bridgehead atoms. The summed E-state index contributed by atoms with van der Waals surface area (Å²) in [5, 5.41) is 0. The monoisotopic (exact) mass is 442 g/mol. The molecule has 32 heavy (non-hydrogen) atoms. The van der Waals surface area contributed by atoms with E-state index in [1.165, 1.54) is 44.2 Å². The summed E-state index contributed by atoms with van der Waals surface area (Å²) < 4.78 is 37.4. The topological polar surface area (TPSA) is 36.9 Å². The maximum atomic E-state index is 13.2. The van der Waals surface area contributed by atoms with Gasteiger partial charge in [-0.2, -0.15) is 0 Å². The molecule has 0 N–H and O–H groups in total. The lowest BCUT2D eigenvalue weighted by Crippen LogP contribution is -2.45. The van der Waals surface area contributed by atoms with Gasteiger partial charge in [0.05, 0.1) is 25.4 Å². The van der Waals surface area contributed by atoms with E-state index in [0.717, 1.165) is 42.7 Å². The van der Waals surface area contributed by atoms with E-state index in [1.807, 2.05) is 12.1 Å². The van der Waals surface area contributed by atoms with Crippen molar-refractivity contribution in [2.45, 2.75) is 82.9 Å². The average molecular weight is 443 g/mol. The number of halogens is 1. The molecule has 0 saturated carbocycles. The smallest absolute Gasteiger partial charge is 0.184 e. The zero-order chi connectivity index (χ0) is 22.2. The minimum Gasteiger partial charge on any atom is -0.494 e. The van der Waals surface area contributed by atoms with Crippen LogP contribution in [0.25, 0.3) is 0 Å². The molecule has 2 saturated heterocycles. The Morgan fingerprint density at radius 2 is 1.53 bits per heavy atom. The third-order valence-electron chi connectivity index (χ3n) is 6.34. The molecule has 0 aliphatic carbocycles. The first-order valence-corrected chi connectivity index (χ1v) is 12.1. The summed E-state index contributed by atoms with van der Waals surface area (Å²) in [6, 6.07) is 14.6. The summed E-state index contributed by atoms with van der Waals surface area (Å²) in [6.45, 7) is 3.49. The molecule has 2 fully saturated rings. The number of rotatable bonds is 10. The molecule has 2 aromatic carbocycles. The van der Waals surface area contributed by atoms with Crippen LogP contribution in [-0.4, -0.2) is 25.4 Å². The van der Waals surface area contributed by atoms with Gasteiger partial charge in [-0.05, 0) is 49.1 Å². The second-order valence-corrected chi connectivity index (χ2v) is 8.82. The van der Waals surface area contributed by atoms with Crippen molar-refractivity contribution in [2.75, 3.05) is 13.2 Å². The van der Waals surface area contributed by atoms with Crippen LogP contribution in [0.2, 0.25) is 0 Å². The lowest BCUT2D eigenvalue weighted by atomic mass is 9.95. The molecule has 174 valence electrons. The van der Waals surface area contributed by atoms with Gasteiger partial charge in [-0.3, -0.25) is 0 Å². The molecule has 4 rings (SSSR count). The fourth-order valence-corrected chi connectivity index (χ4v) is 4.44. The van der Waals surface area contributed by atoms with E-state index in [-0.39, 0.29) is 24.1 Å². The molecule has 2 aromatic rings. The van der Waals surface area contributed by atoms with Crippen LogP contribution in [0.5, 0.6) is 5.75 Å².